The van der Waals surface area contributed by atoms with E-state index in [1.807, 2.05) is 0 Å². The Morgan fingerprint density at radius 3 is 2.81 bits per heavy atom. The van der Waals surface area contributed by atoms with Crippen LogP contribution in [0.1, 0.15) is 32.6 Å². The van der Waals surface area contributed by atoms with Crippen LogP contribution in [0.3, 0.4) is 0 Å². The van der Waals surface area contributed by atoms with E-state index in [-0.39, 0.29) is 12.0 Å². The Labute approximate surface area is 97.9 Å². The van der Waals surface area contributed by atoms with Gasteiger partial charge in [0.25, 0.3) is 0 Å². The predicted octanol–water partition coefficient (Wildman–Crippen LogP) is 0.903. The third-order valence-corrected chi connectivity index (χ3v) is 3.61. The van der Waals surface area contributed by atoms with E-state index in [2.05, 4.69) is 12.2 Å². The summed E-state index contributed by atoms with van der Waals surface area (Å²) in [6.45, 7) is 3.46. The fourth-order valence-electron chi connectivity index (χ4n) is 2.31. The summed E-state index contributed by atoms with van der Waals surface area (Å²) in [7, 11) is 1.59. The van der Waals surface area contributed by atoms with Crippen molar-refractivity contribution in [2.24, 2.45) is 17.6 Å². The summed E-state index contributed by atoms with van der Waals surface area (Å²) in [6, 6.07) is 0. The van der Waals surface area contributed by atoms with E-state index in [0.717, 1.165) is 12.5 Å². The van der Waals surface area contributed by atoms with E-state index in [1.165, 1.54) is 19.3 Å². The number of methoxy groups -OCH3 is 1. The third kappa shape index (κ3) is 4.10. The Bertz CT molecular complexity index is 217. The molecular weight excluding hydrogens is 204 g/mol. The van der Waals surface area contributed by atoms with E-state index >= 15 is 0 Å². The molecule has 0 spiro atoms. The zero-order chi connectivity index (χ0) is 12.0. The summed E-state index contributed by atoms with van der Waals surface area (Å²) in [5.41, 5.74) is 5.47. The van der Waals surface area contributed by atoms with E-state index in [4.69, 9.17) is 10.5 Å². The Morgan fingerprint density at radius 2 is 2.31 bits per heavy atom. The second-order valence-corrected chi connectivity index (χ2v) is 4.77. The molecule has 0 bridgehead atoms. The highest BCUT2D eigenvalue weighted by molar-refractivity contribution is 5.76. The van der Waals surface area contributed by atoms with Gasteiger partial charge in [-0.1, -0.05) is 19.8 Å². The van der Waals surface area contributed by atoms with Gasteiger partial charge in [-0.2, -0.15) is 0 Å². The van der Waals surface area contributed by atoms with Gasteiger partial charge in [0.2, 0.25) is 5.91 Å². The van der Waals surface area contributed by atoms with Crippen molar-refractivity contribution >= 4 is 5.91 Å². The zero-order valence-corrected chi connectivity index (χ0v) is 10.4. The van der Waals surface area contributed by atoms with Crippen LogP contribution in [0.4, 0.5) is 0 Å². The number of nitrogens with two attached hydrogens (primary N) is 1. The van der Waals surface area contributed by atoms with Gasteiger partial charge in [-0.15, -0.1) is 0 Å². The molecule has 1 amide bonds. The second kappa shape index (κ2) is 6.86. The summed E-state index contributed by atoms with van der Waals surface area (Å²) >= 11 is 0. The third-order valence-electron chi connectivity index (χ3n) is 3.61. The maximum atomic E-state index is 11.6. The van der Waals surface area contributed by atoms with Crippen LogP contribution in [0.5, 0.6) is 0 Å². The molecule has 16 heavy (non-hydrogen) atoms. The molecule has 0 aromatic rings. The number of amides is 1. The SMILES string of the molecule is COC(CN)CC(=O)NCC1CCCC1C. The standard InChI is InChI=1S/C12H24N2O2/c1-9-4-3-5-10(9)8-14-12(15)6-11(7-13)16-2/h9-11H,3-8,13H2,1-2H3,(H,14,15). The second-order valence-electron chi connectivity index (χ2n) is 4.77. The van der Waals surface area contributed by atoms with E-state index in [0.29, 0.717) is 18.9 Å². The molecule has 3 atom stereocenters. The van der Waals surface area contributed by atoms with Gasteiger partial charge >= 0.3 is 0 Å². The van der Waals surface area contributed by atoms with Gasteiger partial charge in [0.15, 0.2) is 0 Å². The van der Waals surface area contributed by atoms with Crippen LogP contribution in [0.2, 0.25) is 0 Å². The smallest absolute Gasteiger partial charge is 0.222 e. The molecule has 1 aliphatic carbocycles. The molecule has 94 valence electrons. The highest BCUT2D eigenvalue weighted by atomic mass is 16.5. The topological polar surface area (TPSA) is 64.3 Å². The lowest BCUT2D eigenvalue weighted by molar-refractivity contribution is -0.123. The van der Waals surface area contributed by atoms with Crippen molar-refractivity contribution in [3.63, 3.8) is 0 Å². The number of hydrogen-bond donors (Lipinski definition) is 2. The van der Waals surface area contributed by atoms with Crippen molar-refractivity contribution in [1.29, 1.82) is 0 Å². The van der Waals surface area contributed by atoms with Gasteiger partial charge in [-0.3, -0.25) is 4.79 Å². The van der Waals surface area contributed by atoms with E-state index in [1.54, 1.807) is 7.11 Å². The lowest BCUT2D eigenvalue weighted by Crippen LogP contribution is -2.35. The van der Waals surface area contributed by atoms with Gasteiger partial charge in [0.05, 0.1) is 12.5 Å². The Hall–Kier alpha value is -0.610. The Morgan fingerprint density at radius 1 is 1.56 bits per heavy atom. The monoisotopic (exact) mass is 228 g/mol. The number of carbonyl (C=O) groups excluding carboxylic acids is 1. The fourth-order valence-corrected chi connectivity index (χ4v) is 2.31. The number of nitrogens with one attached hydrogen (secondary N) is 1. The quantitative estimate of drug-likeness (QED) is 0.710. The molecule has 4 heteroatoms. The maximum Gasteiger partial charge on any atom is 0.222 e. The fraction of sp³-hybridized carbons (Fsp3) is 0.917. The van der Waals surface area contributed by atoms with Gasteiger partial charge in [0, 0.05) is 20.2 Å². The Kier molecular flexibility index (Phi) is 5.77. The van der Waals surface area contributed by atoms with Crippen LogP contribution < -0.4 is 11.1 Å². The first-order chi connectivity index (χ1) is 7.67. The predicted molar refractivity (Wildman–Crippen MR) is 64.0 cm³/mol. The summed E-state index contributed by atoms with van der Waals surface area (Å²) in [5, 5.41) is 2.98. The number of hydrogen-bond acceptors (Lipinski definition) is 3. The summed E-state index contributed by atoms with van der Waals surface area (Å²) in [6.07, 6.45) is 4.05. The van der Waals surface area contributed by atoms with Crippen LogP contribution in [0, 0.1) is 11.8 Å². The minimum absolute atomic E-state index is 0.0522. The van der Waals surface area contributed by atoms with Crippen molar-refractivity contribution < 1.29 is 9.53 Å². The first kappa shape index (κ1) is 13.5. The molecule has 0 radical (unpaired) electrons. The minimum Gasteiger partial charge on any atom is -0.380 e. The largest absolute Gasteiger partial charge is 0.380 e. The number of rotatable bonds is 6. The first-order valence-electron chi connectivity index (χ1n) is 6.17. The first-order valence-corrected chi connectivity index (χ1v) is 6.17. The van der Waals surface area contributed by atoms with Gasteiger partial charge in [-0.25, -0.2) is 0 Å². The molecular formula is C12H24N2O2. The summed E-state index contributed by atoms with van der Waals surface area (Å²) in [5.74, 6) is 1.45. The van der Waals surface area contributed by atoms with Gasteiger partial charge in [-0.05, 0) is 18.3 Å². The molecule has 4 nitrogen and oxygen atoms in total. The molecule has 1 aliphatic rings. The van der Waals surface area contributed by atoms with Gasteiger partial charge in [0.1, 0.15) is 0 Å². The minimum atomic E-state index is -0.152. The molecule has 0 saturated heterocycles. The van der Waals surface area contributed by atoms with Crippen molar-refractivity contribution in [3.8, 4) is 0 Å². The number of carbonyl (C=O) groups is 1. The molecule has 1 rings (SSSR count). The molecule has 0 aromatic heterocycles. The molecule has 0 aliphatic heterocycles. The normalized spacial score (nSPS) is 26.7. The van der Waals surface area contributed by atoms with Crippen LogP contribution in [-0.2, 0) is 9.53 Å². The van der Waals surface area contributed by atoms with Crippen molar-refractivity contribution in [1.82, 2.24) is 5.32 Å². The molecule has 0 heterocycles. The van der Waals surface area contributed by atoms with Gasteiger partial charge < -0.3 is 15.8 Å². The lowest BCUT2D eigenvalue weighted by atomic mass is 9.98. The number of ether oxygens (including phenoxy) is 1. The molecule has 1 fully saturated rings. The molecule has 3 unspecified atom stereocenters. The van der Waals surface area contributed by atoms with Crippen molar-refractivity contribution in [2.75, 3.05) is 20.2 Å². The van der Waals surface area contributed by atoms with E-state index in [9.17, 15) is 4.79 Å². The van der Waals surface area contributed by atoms with Crippen LogP contribution >= 0.6 is 0 Å². The zero-order valence-electron chi connectivity index (χ0n) is 10.4. The van der Waals surface area contributed by atoms with Crippen molar-refractivity contribution in [3.05, 3.63) is 0 Å². The van der Waals surface area contributed by atoms with E-state index < -0.39 is 0 Å². The van der Waals surface area contributed by atoms with Crippen molar-refractivity contribution in [2.45, 2.75) is 38.7 Å². The lowest BCUT2D eigenvalue weighted by Gasteiger charge is -2.17. The maximum absolute atomic E-state index is 11.6. The molecule has 1 saturated carbocycles. The van der Waals surface area contributed by atoms with Crippen LogP contribution in [0.25, 0.3) is 0 Å². The molecule has 3 N–H and O–H groups in total. The highest BCUT2D eigenvalue weighted by Gasteiger charge is 2.23. The average Bonchev–Trinajstić information content (AvgIpc) is 2.69. The molecule has 0 aromatic carbocycles. The Balaban J connectivity index is 2.19. The summed E-state index contributed by atoms with van der Waals surface area (Å²) in [4.78, 5) is 11.6. The van der Waals surface area contributed by atoms with Crippen LogP contribution in [0.15, 0.2) is 0 Å². The van der Waals surface area contributed by atoms with Crippen LogP contribution in [-0.4, -0.2) is 32.2 Å². The highest BCUT2D eigenvalue weighted by Crippen LogP contribution is 2.30. The summed E-state index contributed by atoms with van der Waals surface area (Å²) < 4.78 is 5.08. The average molecular weight is 228 g/mol.